The number of sulfone groups is 1. The summed E-state index contributed by atoms with van der Waals surface area (Å²) in [6.07, 6.45) is 0.801. The number of halogens is 2. The molecule has 3 amide bonds. The molecule has 3 aliphatic heterocycles. The molecule has 0 spiro atoms. The smallest absolute Gasteiger partial charge is 0.339 e. The van der Waals surface area contributed by atoms with Crippen LogP contribution in [0.3, 0.4) is 0 Å². The number of hydrogen-bond donors (Lipinski definition) is 3. The molecule has 5 atom stereocenters. The molecule has 48 heavy (non-hydrogen) atoms. The van der Waals surface area contributed by atoms with E-state index in [2.05, 4.69) is 11.4 Å². The molecule has 4 heterocycles. The van der Waals surface area contributed by atoms with Gasteiger partial charge in [-0.1, -0.05) is 36.4 Å². The minimum Gasteiger partial charge on any atom is -0.339 e. The van der Waals surface area contributed by atoms with Crippen molar-refractivity contribution in [3.63, 3.8) is 0 Å². The van der Waals surface area contributed by atoms with E-state index in [1.807, 2.05) is 30.3 Å². The van der Waals surface area contributed by atoms with Crippen LogP contribution in [0.25, 0.3) is 10.1 Å². The van der Waals surface area contributed by atoms with Crippen LogP contribution >= 0.6 is 18.9 Å². The fraction of sp³-hybridized carbons (Fsp3) is 0.419. The Balaban J connectivity index is 1.23. The van der Waals surface area contributed by atoms with Crippen molar-refractivity contribution in [1.29, 1.82) is 5.26 Å². The molecule has 254 valence electrons. The van der Waals surface area contributed by atoms with Crippen LogP contribution in [-0.4, -0.2) is 88.4 Å². The highest BCUT2D eigenvalue weighted by Gasteiger charge is 2.51. The van der Waals surface area contributed by atoms with Crippen molar-refractivity contribution in [3.05, 3.63) is 70.6 Å². The summed E-state index contributed by atoms with van der Waals surface area (Å²) in [6.45, 7) is 0.465. The van der Waals surface area contributed by atoms with Crippen LogP contribution in [0.15, 0.2) is 54.6 Å². The number of nitrogens with zero attached hydrogens (tertiary/aromatic N) is 3. The number of carbonyl (C=O) groups excluding carboxylic acids is 3. The van der Waals surface area contributed by atoms with E-state index in [1.54, 1.807) is 4.90 Å². The lowest BCUT2D eigenvalue weighted by atomic mass is 9.90. The van der Waals surface area contributed by atoms with Crippen LogP contribution in [-0.2, 0) is 29.7 Å². The van der Waals surface area contributed by atoms with E-state index in [1.165, 1.54) is 17.0 Å². The lowest BCUT2D eigenvalue weighted by molar-refractivity contribution is -0.145. The Morgan fingerprint density at radius 2 is 1.79 bits per heavy atom. The molecule has 3 N–H and O–H groups in total. The summed E-state index contributed by atoms with van der Waals surface area (Å²) < 4.78 is 66.2. The van der Waals surface area contributed by atoms with Crippen molar-refractivity contribution in [1.82, 2.24) is 15.1 Å². The molecule has 0 bridgehead atoms. The maximum atomic E-state index is 14.3. The topological polar surface area (TPSA) is 185 Å². The Morgan fingerprint density at radius 1 is 1.06 bits per heavy atom. The van der Waals surface area contributed by atoms with Gasteiger partial charge in [-0.2, -0.15) is 14.0 Å². The highest BCUT2D eigenvalue weighted by molar-refractivity contribution is 7.91. The SMILES string of the molecule is N#C[C@H]1CN(C(=O)[C@@H]2CC[C@@H]3CCS(=O)(=O)C[C@H](NC(=O)c4cc5cc(C(F)(F)P(=O)(O)O)ccc5s4)C(=O)N32)C[C@@H]1c1ccccc1. The third-order valence-corrected chi connectivity index (χ3v) is 13.1. The third-order valence-electron chi connectivity index (χ3n) is 9.31. The second-order valence-corrected chi connectivity index (χ2v) is 17.3. The average Bonchev–Trinajstić information content (AvgIpc) is 3.78. The van der Waals surface area contributed by atoms with Crippen molar-refractivity contribution in [2.24, 2.45) is 5.92 Å². The van der Waals surface area contributed by atoms with Gasteiger partial charge in [0.1, 0.15) is 12.1 Å². The summed E-state index contributed by atoms with van der Waals surface area (Å²) in [7, 11) is -9.63. The molecule has 3 saturated heterocycles. The molecule has 3 aliphatic rings. The predicted octanol–water partition coefficient (Wildman–Crippen LogP) is 3.17. The zero-order valence-corrected chi connectivity index (χ0v) is 27.8. The summed E-state index contributed by atoms with van der Waals surface area (Å²) >= 11 is 0.861. The number of benzene rings is 2. The zero-order chi connectivity index (χ0) is 34.6. The molecule has 2 aromatic carbocycles. The predicted molar refractivity (Wildman–Crippen MR) is 171 cm³/mol. The van der Waals surface area contributed by atoms with Crippen molar-refractivity contribution in [2.75, 3.05) is 24.6 Å². The quantitative estimate of drug-likeness (QED) is 0.322. The Hall–Kier alpha value is -3.74. The number of nitrogens with one attached hydrogen (secondary N) is 1. The minimum absolute atomic E-state index is 0.0499. The second-order valence-electron chi connectivity index (χ2n) is 12.4. The van der Waals surface area contributed by atoms with E-state index in [9.17, 15) is 41.4 Å². The molecule has 0 radical (unpaired) electrons. The Labute approximate surface area is 278 Å². The first kappa shape index (κ1) is 34.1. The molecule has 0 unspecified atom stereocenters. The summed E-state index contributed by atoms with van der Waals surface area (Å²) in [5.41, 5.74) is -4.48. The van der Waals surface area contributed by atoms with E-state index in [-0.39, 0.29) is 53.8 Å². The van der Waals surface area contributed by atoms with Crippen LogP contribution < -0.4 is 5.32 Å². The number of amides is 3. The summed E-state index contributed by atoms with van der Waals surface area (Å²) in [5, 5.41) is 12.4. The van der Waals surface area contributed by atoms with Crippen LogP contribution in [0.5, 0.6) is 0 Å². The lowest BCUT2D eigenvalue weighted by Crippen LogP contribution is -2.59. The molecule has 12 nitrogen and oxygen atoms in total. The fourth-order valence-electron chi connectivity index (χ4n) is 6.85. The maximum Gasteiger partial charge on any atom is 0.399 e. The van der Waals surface area contributed by atoms with Gasteiger partial charge in [0.2, 0.25) is 11.8 Å². The molecule has 3 aromatic rings. The van der Waals surface area contributed by atoms with Crippen molar-refractivity contribution < 1.29 is 45.9 Å². The van der Waals surface area contributed by atoms with Gasteiger partial charge in [-0.3, -0.25) is 18.9 Å². The van der Waals surface area contributed by atoms with E-state index in [0.29, 0.717) is 11.1 Å². The summed E-state index contributed by atoms with van der Waals surface area (Å²) in [6, 6.07) is 12.8. The van der Waals surface area contributed by atoms with Gasteiger partial charge in [0, 0.05) is 35.3 Å². The van der Waals surface area contributed by atoms with Crippen molar-refractivity contribution in [3.8, 4) is 6.07 Å². The number of rotatable bonds is 6. The number of thiophene rings is 1. The van der Waals surface area contributed by atoms with Gasteiger partial charge >= 0.3 is 13.3 Å². The van der Waals surface area contributed by atoms with Crippen LogP contribution in [0.4, 0.5) is 8.78 Å². The number of likely N-dealkylation sites (tertiary alicyclic amines) is 1. The second kappa shape index (κ2) is 12.6. The van der Waals surface area contributed by atoms with Crippen molar-refractivity contribution in [2.45, 2.75) is 49.0 Å². The van der Waals surface area contributed by atoms with Gasteiger partial charge in [-0.15, -0.1) is 11.3 Å². The van der Waals surface area contributed by atoms with Gasteiger partial charge < -0.3 is 24.9 Å². The average molecular weight is 721 g/mol. The van der Waals surface area contributed by atoms with Crippen LogP contribution in [0.2, 0.25) is 0 Å². The largest absolute Gasteiger partial charge is 0.399 e. The van der Waals surface area contributed by atoms with E-state index in [4.69, 9.17) is 9.79 Å². The fourth-order valence-corrected chi connectivity index (χ4v) is 9.81. The maximum absolute atomic E-state index is 14.3. The monoisotopic (exact) mass is 720 g/mol. The van der Waals surface area contributed by atoms with Gasteiger partial charge in [-0.25, -0.2) is 8.42 Å². The highest BCUT2D eigenvalue weighted by Crippen LogP contribution is 2.59. The van der Waals surface area contributed by atoms with Gasteiger partial charge in [-0.05, 0) is 48.4 Å². The van der Waals surface area contributed by atoms with Crippen LogP contribution in [0.1, 0.15) is 46.0 Å². The minimum atomic E-state index is -5.83. The Bertz CT molecular complexity index is 1980. The number of carbonyl (C=O) groups is 3. The Morgan fingerprint density at radius 3 is 2.48 bits per heavy atom. The first-order valence-electron chi connectivity index (χ1n) is 15.1. The molecule has 0 aliphatic carbocycles. The summed E-state index contributed by atoms with van der Waals surface area (Å²) in [5.74, 6) is -3.55. The first-order chi connectivity index (χ1) is 22.6. The number of hydrogen-bond acceptors (Lipinski definition) is 8. The zero-order valence-electron chi connectivity index (χ0n) is 25.2. The first-order valence-corrected chi connectivity index (χ1v) is 19.4. The molecule has 1 aromatic heterocycles. The van der Waals surface area contributed by atoms with E-state index in [0.717, 1.165) is 29.0 Å². The number of fused-ring (bicyclic) bond motifs is 2. The highest BCUT2D eigenvalue weighted by atomic mass is 32.2. The Kier molecular flexibility index (Phi) is 8.97. The number of nitriles is 1. The molecular formula is C31H31F2N4O8PS2. The van der Waals surface area contributed by atoms with E-state index < -0.39 is 70.3 Å². The summed E-state index contributed by atoms with van der Waals surface area (Å²) in [4.78, 5) is 62.5. The molecule has 0 saturated carbocycles. The molecule has 6 rings (SSSR count). The normalized spacial score (nSPS) is 26.1. The third kappa shape index (κ3) is 6.37. The lowest BCUT2D eigenvalue weighted by Gasteiger charge is -2.36. The van der Waals surface area contributed by atoms with Gasteiger partial charge in [0.15, 0.2) is 9.84 Å². The molecule has 3 fully saturated rings. The van der Waals surface area contributed by atoms with Crippen molar-refractivity contribution >= 4 is 56.6 Å². The van der Waals surface area contributed by atoms with Gasteiger partial charge in [0.25, 0.3) is 5.91 Å². The molecule has 17 heteroatoms. The number of alkyl halides is 2. The van der Waals surface area contributed by atoms with Gasteiger partial charge in [0.05, 0.1) is 28.4 Å². The standard InChI is InChI=1S/C31H31F2N4O8PS2/c32-31(33,46(41,42)43)21-6-9-26-19(12-21)13-27(47-26)28(38)35-24-17-48(44,45)11-10-22-7-8-25(37(22)29(24)39)30(40)36-15-20(14-34)23(16-36)18-4-2-1-3-5-18/h1-6,9,12-13,20,22-25H,7-8,10-11,15-17H2,(H,35,38)(H2,41,42,43)/t20-,22+,23+,24-,25-/m0/s1. The molecular weight excluding hydrogens is 689 g/mol. The van der Waals surface area contributed by atoms with E-state index >= 15 is 0 Å². The van der Waals surface area contributed by atoms with Crippen LogP contribution in [0, 0.1) is 17.2 Å².